The second-order valence-electron chi connectivity index (χ2n) is 6.09. The average Bonchev–Trinajstić information content (AvgIpc) is 2.94. The van der Waals surface area contributed by atoms with Gasteiger partial charge in [-0.15, -0.1) is 0 Å². The Kier molecular flexibility index (Phi) is 2.69. The van der Waals surface area contributed by atoms with Gasteiger partial charge in [-0.1, -0.05) is 6.42 Å². The summed E-state index contributed by atoms with van der Waals surface area (Å²) in [5.74, 6) is 2.84. The molecule has 0 spiro atoms. The molecule has 4 atom stereocenters. The van der Waals surface area contributed by atoms with Gasteiger partial charge in [-0.3, -0.25) is 0 Å². The van der Waals surface area contributed by atoms with Crippen molar-refractivity contribution >= 4 is 12.2 Å². The first-order valence-electron chi connectivity index (χ1n) is 6.85. The molecule has 2 fully saturated rings. The smallest absolute Gasteiger partial charge is 0.177 e. The van der Waals surface area contributed by atoms with Crippen molar-refractivity contribution in [3.63, 3.8) is 0 Å². The van der Waals surface area contributed by atoms with Gasteiger partial charge in [-0.2, -0.15) is 0 Å². The zero-order valence-electron chi connectivity index (χ0n) is 11.0. The Morgan fingerprint density at radius 2 is 2.06 bits per heavy atom. The Labute approximate surface area is 108 Å². The van der Waals surface area contributed by atoms with Crippen LogP contribution in [0.1, 0.15) is 50.0 Å². The van der Waals surface area contributed by atoms with Gasteiger partial charge < -0.3 is 9.55 Å². The van der Waals surface area contributed by atoms with Crippen LogP contribution in [0, 0.1) is 36.4 Å². The number of nitrogens with one attached hydrogen (secondary N) is 1. The summed E-state index contributed by atoms with van der Waals surface area (Å²) in [5.41, 5.74) is 2.55. The van der Waals surface area contributed by atoms with E-state index in [0.717, 1.165) is 22.5 Å². The van der Waals surface area contributed by atoms with Crippen molar-refractivity contribution in [2.75, 3.05) is 0 Å². The first-order chi connectivity index (χ1) is 8.08. The van der Waals surface area contributed by atoms with E-state index in [1.54, 1.807) is 0 Å². The van der Waals surface area contributed by atoms with Crippen molar-refractivity contribution in [2.45, 2.75) is 52.5 Å². The summed E-state index contributed by atoms with van der Waals surface area (Å²) in [6, 6.07) is 0.572. The maximum atomic E-state index is 5.47. The number of hydrogen-bond donors (Lipinski definition) is 1. The number of aryl methyl sites for hydroxylation is 1. The lowest BCUT2D eigenvalue weighted by molar-refractivity contribution is 0.239. The van der Waals surface area contributed by atoms with Gasteiger partial charge in [-0.25, -0.2) is 0 Å². The Morgan fingerprint density at radius 3 is 2.53 bits per heavy atom. The van der Waals surface area contributed by atoms with Gasteiger partial charge in [0, 0.05) is 17.4 Å². The van der Waals surface area contributed by atoms with Crippen LogP contribution in [0.5, 0.6) is 0 Å². The fraction of sp³-hybridized carbons (Fsp3) is 0.786. The van der Waals surface area contributed by atoms with Crippen molar-refractivity contribution in [3.8, 4) is 0 Å². The third kappa shape index (κ3) is 1.70. The molecule has 17 heavy (non-hydrogen) atoms. The zero-order valence-corrected chi connectivity index (χ0v) is 11.8. The summed E-state index contributed by atoms with van der Waals surface area (Å²) >= 11 is 5.47. The minimum Gasteiger partial charge on any atom is -0.335 e. The monoisotopic (exact) mass is 250 g/mol. The largest absolute Gasteiger partial charge is 0.335 e. The number of imidazole rings is 1. The van der Waals surface area contributed by atoms with Crippen LogP contribution in [0.3, 0.4) is 0 Å². The minimum absolute atomic E-state index is 0.572. The van der Waals surface area contributed by atoms with Gasteiger partial charge in [0.25, 0.3) is 0 Å². The molecular weight excluding hydrogens is 228 g/mol. The summed E-state index contributed by atoms with van der Waals surface area (Å²) in [4.78, 5) is 3.30. The van der Waals surface area contributed by atoms with Crippen LogP contribution in [-0.2, 0) is 0 Å². The molecule has 1 heterocycles. The van der Waals surface area contributed by atoms with E-state index in [9.17, 15) is 0 Å². The van der Waals surface area contributed by atoms with Gasteiger partial charge in [0.15, 0.2) is 4.77 Å². The molecule has 0 unspecified atom stereocenters. The third-order valence-electron chi connectivity index (χ3n) is 5.24. The Morgan fingerprint density at radius 1 is 1.29 bits per heavy atom. The Balaban J connectivity index is 1.91. The van der Waals surface area contributed by atoms with Crippen LogP contribution in [0.4, 0.5) is 0 Å². The third-order valence-corrected chi connectivity index (χ3v) is 5.54. The van der Waals surface area contributed by atoms with Crippen LogP contribution < -0.4 is 0 Å². The average molecular weight is 250 g/mol. The maximum absolute atomic E-state index is 5.47. The van der Waals surface area contributed by atoms with E-state index >= 15 is 0 Å². The summed E-state index contributed by atoms with van der Waals surface area (Å²) in [7, 11) is 0. The van der Waals surface area contributed by atoms with Crippen LogP contribution in [0.2, 0.25) is 0 Å². The number of fused-ring (bicyclic) bond motifs is 2. The SMILES string of the molecule is Cc1[nH]c(=S)n([C@H](C)[C@@H]2C[C@@H]3CC[C@@H]2C3)c1C. The maximum Gasteiger partial charge on any atom is 0.177 e. The highest BCUT2D eigenvalue weighted by molar-refractivity contribution is 7.71. The molecule has 3 heteroatoms. The van der Waals surface area contributed by atoms with E-state index < -0.39 is 0 Å². The molecule has 0 aromatic carbocycles. The lowest BCUT2D eigenvalue weighted by Gasteiger charge is -2.29. The molecule has 0 aliphatic heterocycles. The zero-order chi connectivity index (χ0) is 12.2. The van der Waals surface area contributed by atoms with Gasteiger partial charge >= 0.3 is 0 Å². The van der Waals surface area contributed by atoms with Crippen molar-refractivity contribution in [3.05, 3.63) is 16.2 Å². The van der Waals surface area contributed by atoms with Crippen molar-refractivity contribution in [2.24, 2.45) is 17.8 Å². The van der Waals surface area contributed by atoms with Gasteiger partial charge in [0.05, 0.1) is 0 Å². The summed E-state index contributed by atoms with van der Waals surface area (Å²) in [6.45, 7) is 6.67. The molecule has 2 aliphatic rings. The molecule has 1 aromatic heterocycles. The van der Waals surface area contributed by atoms with Crippen molar-refractivity contribution < 1.29 is 0 Å². The minimum atomic E-state index is 0.572. The van der Waals surface area contributed by atoms with Crippen LogP contribution >= 0.6 is 12.2 Å². The van der Waals surface area contributed by atoms with Crippen LogP contribution in [0.15, 0.2) is 0 Å². The number of nitrogens with zero attached hydrogens (tertiary/aromatic N) is 1. The van der Waals surface area contributed by atoms with E-state index in [-0.39, 0.29) is 0 Å². The highest BCUT2D eigenvalue weighted by atomic mass is 32.1. The van der Waals surface area contributed by atoms with Gasteiger partial charge in [0.2, 0.25) is 0 Å². The molecule has 0 radical (unpaired) electrons. The van der Waals surface area contributed by atoms with Gasteiger partial charge in [0.1, 0.15) is 0 Å². The van der Waals surface area contributed by atoms with Gasteiger partial charge in [-0.05, 0) is 70.0 Å². The summed E-state index contributed by atoms with van der Waals surface area (Å²) in [5, 5.41) is 0. The van der Waals surface area contributed by atoms with Crippen molar-refractivity contribution in [1.29, 1.82) is 0 Å². The van der Waals surface area contributed by atoms with E-state index in [1.165, 1.54) is 37.1 Å². The molecule has 2 saturated carbocycles. The molecular formula is C14H22N2S. The number of rotatable bonds is 2. The molecule has 0 saturated heterocycles. The molecule has 2 nitrogen and oxygen atoms in total. The number of aromatic nitrogens is 2. The first kappa shape index (κ1) is 11.5. The molecule has 1 aromatic rings. The number of hydrogen-bond acceptors (Lipinski definition) is 1. The first-order valence-corrected chi connectivity index (χ1v) is 7.26. The number of H-pyrrole nitrogens is 1. The quantitative estimate of drug-likeness (QED) is 0.782. The fourth-order valence-electron chi connectivity index (χ4n) is 4.21. The van der Waals surface area contributed by atoms with E-state index in [4.69, 9.17) is 12.2 Å². The second kappa shape index (κ2) is 3.98. The van der Waals surface area contributed by atoms with E-state index in [2.05, 4.69) is 30.3 Å². The predicted octanol–water partition coefficient (Wildman–Crippen LogP) is 4.16. The number of aromatic amines is 1. The standard InChI is InChI=1S/C14H22N2S/c1-8-9(2)16(14(17)15-8)10(3)13-7-11-4-5-12(13)6-11/h10-13H,4-7H2,1-3H3,(H,15,17)/t10-,11-,12-,13+/m1/s1. The van der Waals surface area contributed by atoms with E-state index in [0.29, 0.717) is 6.04 Å². The molecule has 3 rings (SSSR count). The predicted molar refractivity (Wildman–Crippen MR) is 72.7 cm³/mol. The topological polar surface area (TPSA) is 20.7 Å². The molecule has 2 aliphatic carbocycles. The molecule has 2 bridgehead atoms. The molecule has 1 N–H and O–H groups in total. The summed E-state index contributed by atoms with van der Waals surface area (Å²) in [6.07, 6.45) is 5.84. The second-order valence-corrected chi connectivity index (χ2v) is 6.48. The Bertz CT molecular complexity index is 485. The lowest BCUT2D eigenvalue weighted by atomic mass is 9.84. The molecule has 0 amide bonds. The fourth-order valence-corrected chi connectivity index (χ4v) is 4.67. The summed E-state index contributed by atoms with van der Waals surface area (Å²) < 4.78 is 3.27. The van der Waals surface area contributed by atoms with Crippen LogP contribution in [0.25, 0.3) is 0 Å². The normalized spacial score (nSPS) is 33.2. The highest BCUT2D eigenvalue weighted by Crippen LogP contribution is 2.52. The lowest BCUT2D eigenvalue weighted by Crippen LogP contribution is -2.22. The molecule has 94 valence electrons. The Hall–Kier alpha value is -0.570. The van der Waals surface area contributed by atoms with Crippen molar-refractivity contribution in [1.82, 2.24) is 9.55 Å². The highest BCUT2D eigenvalue weighted by Gasteiger charge is 2.42. The van der Waals surface area contributed by atoms with Crippen LogP contribution in [-0.4, -0.2) is 9.55 Å². The van der Waals surface area contributed by atoms with E-state index in [1.807, 2.05) is 0 Å².